The molecule has 3 nitrogen and oxygen atoms in total. The van der Waals surface area contributed by atoms with E-state index in [1.165, 1.54) is 11.3 Å². The predicted molar refractivity (Wildman–Crippen MR) is 76.6 cm³/mol. The average molecular weight is 313 g/mol. The first-order valence-corrected chi connectivity index (χ1v) is 7.00. The van der Waals surface area contributed by atoms with Crippen molar-refractivity contribution >= 4 is 48.9 Å². The number of amides is 1. The van der Waals surface area contributed by atoms with Gasteiger partial charge in [0.05, 0.1) is 5.69 Å². The summed E-state index contributed by atoms with van der Waals surface area (Å²) >= 11 is 4.89. The van der Waals surface area contributed by atoms with E-state index in [-0.39, 0.29) is 5.91 Å². The summed E-state index contributed by atoms with van der Waals surface area (Å²) in [5, 5.41) is 3.78. The van der Waals surface area contributed by atoms with Crippen LogP contribution in [0.3, 0.4) is 0 Å². The number of nitrogen functional groups attached to an aromatic ring is 1. The van der Waals surface area contributed by atoms with Gasteiger partial charge in [0.25, 0.3) is 5.91 Å². The lowest BCUT2D eigenvalue weighted by Gasteiger charge is -2.01. The largest absolute Gasteiger partial charge is 0.397 e. The Morgan fingerprint density at radius 2 is 2.29 bits per heavy atom. The number of nitrogens with one attached hydrogen (secondary N) is 1. The third kappa shape index (κ3) is 2.30. The number of halogens is 1. The van der Waals surface area contributed by atoms with E-state index in [4.69, 9.17) is 5.73 Å². The number of rotatable bonds is 3. The number of fused-ring (bicyclic) bond motifs is 1. The number of anilines is 1. The van der Waals surface area contributed by atoms with Gasteiger partial charge in [-0.05, 0) is 18.6 Å². The van der Waals surface area contributed by atoms with Crippen LogP contribution in [0.25, 0.3) is 10.1 Å². The maximum atomic E-state index is 11.9. The van der Waals surface area contributed by atoms with Crippen LogP contribution in [-0.2, 0) is 0 Å². The molecule has 1 heterocycles. The fraction of sp³-hybridized carbons (Fsp3) is 0.250. The number of hydrogen-bond donors (Lipinski definition) is 2. The topological polar surface area (TPSA) is 55.1 Å². The quantitative estimate of drug-likeness (QED) is 0.912. The number of carbonyl (C=O) groups excluding carboxylic acids is 1. The van der Waals surface area contributed by atoms with Gasteiger partial charge in [0.2, 0.25) is 0 Å². The number of nitrogens with two attached hydrogens (primary N) is 1. The van der Waals surface area contributed by atoms with Crippen molar-refractivity contribution in [1.82, 2.24) is 5.32 Å². The lowest BCUT2D eigenvalue weighted by atomic mass is 10.2. The van der Waals surface area contributed by atoms with E-state index in [0.29, 0.717) is 17.1 Å². The van der Waals surface area contributed by atoms with Crippen LogP contribution >= 0.6 is 27.3 Å². The van der Waals surface area contributed by atoms with Crippen molar-refractivity contribution in [3.8, 4) is 0 Å². The highest BCUT2D eigenvalue weighted by atomic mass is 79.9. The van der Waals surface area contributed by atoms with Crippen LogP contribution in [0.2, 0.25) is 0 Å². The van der Waals surface area contributed by atoms with Crippen LogP contribution < -0.4 is 11.1 Å². The normalized spacial score (nSPS) is 10.7. The van der Waals surface area contributed by atoms with Gasteiger partial charge >= 0.3 is 0 Å². The van der Waals surface area contributed by atoms with Crippen LogP contribution in [0.15, 0.2) is 22.7 Å². The van der Waals surface area contributed by atoms with Crippen LogP contribution in [-0.4, -0.2) is 12.5 Å². The Hall–Kier alpha value is -1.07. The first-order valence-electron chi connectivity index (χ1n) is 5.39. The molecule has 0 bridgehead atoms. The van der Waals surface area contributed by atoms with Gasteiger partial charge in [-0.15, -0.1) is 11.3 Å². The third-order valence-electron chi connectivity index (χ3n) is 2.44. The average Bonchev–Trinajstić information content (AvgIpc) is 2.65. The third-order valence-corrected chi connectivity index (χ3v) is 4.27. The van der Waals surface area contributed by atoms with Gasteiger partial charge in [-0.1, -0.05) is 28.9 Å². The molecule has 1 aromatic carbocycles. The zero-order valence-corrected chi connectivity index (χ0v) is 11.8. The highest BCUT2D eigenvalue weighted by Gasteiger charge is 2.17. The molecule has 0 aliphatic rings. The van der Waals surface area contributed by atoms with Gasteiger partial charge in [0.15, 0.2) is 0 Å². The Balaban J connectivity index is 2.46. The fourth-order valence-electron chi connectivity index (χ4n) is 1.62. The maximum Gasteiger partial charge on any atom is 0.263 e. The van der Waals surface area contributed by atoms with Crippen molar-refractivity contribution in [2.45, 2.75) is 13.3 Å². The summed E-state index contributed by atoms with van der Waals surface area (Å²) in [5.74, 6) is -0.0857. The molecule has 90 valence electrons. The smallest absolute Gasteiger partial charge is 0.263 e. The van der Waals surface area contributed by atoms with E-state index in [1.54, 1.807) is 0 Å². The molecule has 17 heavy (non-hydrogen) atoms. The van der Waals surface area contributed by atoms with Gasteiger partial charge < -0.3 is 11.1 Å². The summed E-state index contributed by atoms with van der Waals surface area (Å²) in [6, 6.07) is 5.84. The number of thiophene rings is 1. The Morgan fingerprint density at radius 3 is 2.94 bits per heavy atom. The minimum atomic E-state index is -0.0857. The standard InChI is InChI=1S/C12H13BrN2OS/c1-2-6-15-12(16)11-10(14)9-7(13)4-3-5-8(9)17-11/h3-5H,2,6,14H2,1H3,(H,15,16). The molecule has 0 atom stereocenters. The number of carbonyl (C=O) groups is 1. The van der Waals surface area contributed by atoms with Crippen LogP contribution in [0, 0.1) is 0 Å². The molecule has 5 heteroatoms. The summed E-state index contributed by atoms with van der Waals surface area (Å²) in [5.41, 5.74) is 6.59. The molecule has 0 aliphatic carbocycles. The Labute approximate surface area is 112 Å². The summed E-state index contributed by atoms with van der Waals surface area (Å²) in [6.45, 7) is 2.69. The second-order valence-electron chi connectivity index (χ2n) is 3.71. The number of hydrogen-bond acceptors (Lipinski definition) is 3. The first kappa shape index (κ1) is 12.4. The van der Waals surface area contributed by atoms with E-state index in [1.807, 2.05) is 25.1 Å². The zero-order chi connectivity index (χ0) is 12.4. The molecular weight excluding hydrogens is 300 g/mol. The molecule has 0 aliphatic heterocycles. The van der Waals surface area contributed by atoms with Crippen LogP contribution in [0.5, 0.6) is 0 Å². The van der Waals surface area contributed by atoms with Gasteiger partial charge in [-0.25, -0.2) is 0 Å². The van der Waals surface area contributed by atoms with Crippen molar-refractivity contribution < 1.29 is 4.79 Å². The summed E-state index contributed by atoms with van der Waals surface area (Å²) in [7, 11) is 0. The molecule has 0 unspecified atom stereocenters. The number of benzene rings is 1. The summed E-state index contributed by atoms with van der Waals surface area (Å²) in [4.78, 5) is 12.5. The van der Waals surface area contributed by atoms with Crippen molar-refractivity contribution in [1.29, 1.82) is 0 Å². The van der Waals surface area contributed by atoms with E-state index < -0.39 is 0 Å². The van der Waals surface area contributed by atoms with E-state index in [0.717, 1.165) is 21.0 Å². The minimum absolute atomic E-state index is 0.0857. The highest BCUT2D eigenvalue weighted by Crippen LogP contribution is 2.37. The molecule has 3 N–H and O–H groups in total. The van der Waals surface area contributed by atoms with Gasteiger partial charge in [-0.2, -0.15) is 0 Å². The van der Waals surface area contributed by atoms with E-state index in [9.17, 15) is 4.79 Å². The second-order valence-corrected chi connectivity index (χ2v) is 5.62. The molecule has 0 radical (unpaired) electrons. The zero-order valence-electron chi connectivity index (χ0n) is 9.42. The van der Waals surface area contributed by atoms with Crippen molar-refractivity contribution in [3.63, 3.8) is 0 Å². The molecule has 0 fully saturated rings. The monoisotopic (exact) mass is 312 g/mol. The Morgan fingerprint density at radius 1 is 1.53 bits per heavy atom. The summed E-state index contributed by atoms with van der Waals surface area (Å²) < 4.78 is 1.96. The molecule has 2 rings (SSSR count). The second kappa shape index (κ2) is 5.06. The Kier molecular flexibility index (Phi) is 3.69. The molecule has 1 aromatic heterocycles. The van der Waals surface area contributed by atoms with Gasteiger partial charge in [0.1, 0.15) is 4.88 Å². The highest BCUT2D eigenvalue weighted by molar-refractivity contribution is 9.10. The Bertz CT molecular complexity index is 565. The molecule has 0 spiro atoms. The first-order chi connectivity index (χ1) is 8.15. The SMILES string of the molecule is CCCNC(=O)c1sc2cccc(Br)c2c1N. The lowest BCUT2D eigenvalue weighted by Crippen LogP contribution is -2.23. The molecule has 0 saturated heterocycles. The lowest BCUT2D eigenvalue weighted by molar-refractivity contribution is 0.0958. The minimum Gasteiger partial charge on any atom is -0.397 e. The molecular formula is C12H13BrN2OS. The van der Waals surface area contributed by atoms with Gasteiger partial charge in [-0.3, -0.25) is 4.79 Å². The van der Waals surface area contributed by atoms with Crippen LogP contribution in [0.4, 0.5) is 5.69 Å². The van der Waals surface area contributed by atoms with E-state index in [2.05, 4.69) is 21.2 Å². The predicted octanol–water partition coefficient (Wildman–Crippen LogP) is 3.39. The van der Waals surface area contributed by atoms with Gasteiger partial charge in [0, 0.05) is 21.1 Å². The summed E-state index contributed by atoms with van der Waals surface area (Å²) in [6.07, 6.45) is 0.917. The molecule has 0 saturated carbocycles. The molecule has 2 aromatic rings. The van der Waals surface area contributed by atoms with Crippen LogP contribution in [0.1, 0.15) is 23.0 Å². The van der Waals surface area contributed by atoms with Crippen molar-refractivity contribution in [2.75, 3.05) is 12.3 Å². The fourth-order valence-corrected chi connectivity index (χ4v) is 3.39. The molecule has 1 amide bonds. The van der Waals surface area contributed by atoms with Crippen molar-refractivity contribution in [2.24, 2.45) is 0 Å². The maximum absolute atomic E-state index is 11.9. The van der Waals surface area contributed by atoms with E-state index >= 15 is 0 Å². The van der Waals surface area contributed by atoms with Crippen molar-refractivity contribution in [3.05, 3.63) is 27.5 Å².